The number of methoxy groups -OCH3 is 2. The highest BCUT2D eigenvalue weighted by Gasteiger charge is 2.17. The van der Waals surface area contributed by atoms with E-state index in [1.54, 1.807) is 13.0 Å². The van der Waals surface area contributed by atoms with Crippen LogP contribution in [0.2, 0.25) is 0 Å². The number of nitro benzene ring substituents is 1. The molecule has 0 unspecified atom stereocenters. The van der Waals surface area contributed by atoms with Crippen LogP contribution >= 0.6 is 0 Å². The van der Waals surface area contributed by atoms with Gasteiger partial charge in [0.2, 0.25) is 0 Å². The van der Waals surface area contributed by atoms with Gasteiger partial charge in [0.05, 0.1) is 25.6 Å². The fourth-order valence-electron chi connectivity index (χ4n) is 1.66. The zero-order chi connectivity index (χ0) is 17.4. The van der Waals surface area contributed by atoms with E-state index < -0.39 is 16.9 Å². The molecule has 1 N–H and O–H groups in total. The van der Waals surface area contributed by atoms with Gasteiger partial charge in [0.15, 0.2) is 0 Å². The second kappa shape index (κ2) is 8.47. The molecule has 0 aliphatic carbocycles. The minimum absolute atomic E-state index is 0.0218. The van der Waals surface area contributed by atoms with Gasteiger partial charge in [-0.15, -0.1) is 0 Å². The molecular formula is C14H17N3O6. The minimum Gasteiger partial charge on any atom is -0.469 e. The average molecular weight is 323 g/mol. The van der Waals surface area contributed by atoms with Crippen LogP contribution in [0.4, 0.5) is 11.4 Å². The Labute approximate surface area is 132 Å². The number of anilines is 1. The third-order valence-corrected chi connectivity index (χ3v) is 2.88. The number of ether oxygens (including phenoxy) is 2. The van der Waals surface area contributed by atoms with Crippen LogP contribution in [0.1, 0.15) is 18.4 Å². The molecule has 1 aromatic carbocycles. The first-order chi connectivity index (χ1) is 10.9. The van der Waals surface area contributed by atoms with Crippen LogP contribution in [0, 0.1) is 17.0 Å². The molecular weight excluding hydrogens is 306 g/mol. The van der Waals surface area contributed by atoms with Crippen molar-refractivity contribution in [3.05, 3.63) is 33.9 Å². The van der Waals surface area contributed by atoms with Crippen molar-refractivity contribution < 1.29 is 24.0 Å². The lowest BCUT2D eigenvalue weighted by Gasteiger charge is -2.06. The number of nitro groups is 1. The largest absolute Gasteiger partial charge is 0.469 e. The van der Waals surface area contributed by atoms with Gasteiger partial charge >= 0.3 is 11.9 Å². The second-order valence-electron chi connectivity index (χ2n) is 4.52. The van der Waals surface area contributed by atoms with Gasteiger partial charge in [0.1, 0.15) is 11.4 Å². The van der Waals surface area contributed by atoms with E-state index in [1.165, 1.54) is 26.4 Å². The Balaban J connectivity index is 2.98. The minimum atomic E-state index is -0.740. The maximum absolute atomic E-state index is 11.6. The average Bonchev–Trinajstić information content (AvgIpc) is 2.54. The van der Waals surface area contributed by atoms with Crippen LogP contribution in [-0.2, 0) is 19.1 Å². The predicted octanol–water partition coefficient (Wildman–Crippen LogP) is 1.80. The molecule has 9 heteroatoms. The molecule has 9 nitrogen and oxygen atoms in total. The lowest BCUT2D eigenvalue weighted by Crippen LogP contribution is -2.19. The summed E-state index contributed by atoms with van der Waals surface area (Å²) in [5.41, 5.74) is 3.06. The normalized spacial score (nSPS) is 10.8. The summed E-state index contributed by atoms with van der Waals surface area (Å²) in [6.07, 6.45) is -0.0892. The molecule has 0 aliphatic heterocycles. The molecule has 0 fully saturated rings. The van der Waals surface area contributed by atoms with E-state index in [0.29, 0.717) is 5.56 Å². The lowest BCUT2D eigenvalue weighted by molar-refractivity contribution is -0.384. The number of carbonyl (C=O) groups is 2. The zero-order valence-electron chi connectivity index (χ0n) is 13.0. The Kier molecular flexibility index (Phi) is 6.66. The number of hydrazone groups is 1. The van der Waals surface area contributed by atoms with Crippen LogP contribution in [0.5, 0.6) is 0 Å². The predicted molar refractivity (Wildman–Crippen MR) is 82.2 cm³/mol. The van der Waals surface area contributed by atoms with Crippen LogP contribution in [0.3, 0.4) is 0 Å². The Bertz CT molecular complexity index is 641. The van der Waals surface area contributed by atoms with E-state index in [-0.39, 0.29) is 29.9 Å². The van der Waals surface area contributed by atoms with E-state index in [0.717, 1.165) is 0 Å². The highest BCUT2D eigenvalue weighted by molar-refractivity contribution is 6.36. The van der Waals surface area contributed by atoms with Crippen molar-refractivity contribution >= 4 is 29.0 Å². The van der Waals surface area contributed by atoms with Crippen molar-refractivity contribution in [3.63, 3.8) is 0 Å². The number of nitrogens with zero attached hydrogens (tertiary/aromatic N) is 2. The molecule has 1 rings (SSSR count). The van der Waals surface area contributed by atoms with Crippen LogP contribution < -0.4 is 5.43 Å². The molecule has 0 aliphatic rings. The van der Waals surface area contributed by atoms with E-state index in [2.05, 4.69) is 20.0 Å². The molecule has 0 bridgehead atoms. The van der Waals surface area contributed by atoms with Crippen molar-refractivity contribution in [1.82, 2.24) is 0 Å². The Morgan fingerprint density at radius 1 is 1.26 bits per heavy atom. The van der Waals surface area contributed by atoms with Gasteiger partial charge in [-0.3, -0.25) is 20.3 Å². The van der Waals surface area contributed by atoms with Gasteiger partial charge in [-0.2, -0.15) is 5.10 Å². The van der Waals surface area contributed by atoms with Crippen molar-refractivity contribution in [2.75, 3.05) is 19.6 Å². The van der Waals surface area contributed by atoms with E-state index >= 15 is 0 Å². The number of rotatable bonds is 7. The highest BCUT2D eigenvalue weighted by Crippen LogP contribution is 2.25. The first-order valence-corrected chi connectivity index (χ1v) is 6.61. The van der Waals surface area contributed by atoms with Crippen molar-refractivity contribution in [3.8, 4) is 0 Å². The zero-order valence-corrected chi connectivity index (χ0v) is 13.0. The maximum atomic E-state index is 11.6. The quantitative estimate of drug-likeness (QED) is 0.351. The molecule has 1 aromatic rings. The summed E-state index contributed by atoms with van der Waals surface area (Å²) < 4.78 is 9.05. The monoisotopic (exact) mass is 323 g/mol. The molecule has 0 saturated carbocycles. The number of nitrogens with one attached hydrogen (secondary N) is 1. The highest BCUT2D eigenvalue weighted by atomic mass is 16.6. The number of esters is 2. The summed E-state index contributed by atoms with van der Waals surface area (Å²) in [7, 11) is 2.40. The molecule has 0 atom stereocenters. The summed E-state index contributed by atoms with van der Waals surface area (Å²) >= 11 is 0. The Morgan fingerprint density at radius 2 is 1.96 bits per heavy atom. The van der Waals surface area contributed by atoms with Gasteiger partial charge in [0.25, 0.3) is 5.69 Å². The third kappa shape index (κ3) is 5.38. The summed E-state index contributed by atoms with van der Waals surface area (Å²) in [5.74, 6) is -1.25. The lowest BCUT2D eigenvalue weighted by atomic mass is 10.2. The number of benzene rings is 1. The molecule has 0 saturated heterocycles. The van der Waals surface area contributed by atoms with Gasteiger partial charge in [0, 0.05) is 12.5 Å². The first-order valence-electron chi connectivity index (χ1n) is 6.61. The topological polar surface area (TPSA) is 120 Å². The fraction of sp³-hybridized carbons (Fsp3) is 0.357. The van der Waals surface area contributed by atoms with Gasteiger partial charge < -0.3 is 9.47 Å². The van der Waals surface area contributed by atoms with Crippen molar-refractivity contribution in [2.24, 2.45) is 5.10 Å². The van der Waals surface area contributed by atoms with Crippen molar-refractivity contribution in [2.45, 2.75) is 19.8 Å². The number of carbonyl (C=O) groups excluding carboxylic acids is 2. The van der Waals surface area contributed by atoms with Gasteiger partial charge in [-0.05, 0) is 18.6 Å². The molecule has 0 radical (unpaired) electrons. The number of aryl methyl sites for hydroxylation is 1. The van der Waals surface area contributed by atoms with E-state index in [4.69, 9.17) is 0 Å². The van der Waals surface area contributed by atoms with E-state index in [1.807, 2.05) is 0 Å². The summed E-state index contributed by atoms with van der Waals surface area (Å²) in [4.78, 5) is 33.2. The second-order valence-corrected chi connectivity index (χ2v) is 4.52. The summed E-state index contributed by atoms with van der Waals surface area (Å²) in [6.45, 7) is 1.72. The smallest absolute Gasteiger partial charge is 0.354 e. The van der Waals surface area contributed by atoms with Gasteiger partial charge in [-0.25, -0.2) is 4.79 Å². The Hall–Kier alpha value is -2.97. The third-order valence-electron chi connectivity index (χ3n) is 2.88. The van der Waals surface area contributed by atoms with Crippen LogP contribution in [0.25, 0.3) is 0 Å². The molecule has 0 amide bonds. The fourth-order valence-corrected chi connectivity index (χ4v) is 1.66. The summed E-state index contributed by atoms with van der Waals surface area (Å²) in [6, 6.07) is 4.52. The Morgan fingerprint density at radius 3 is 2.52 bits per heavy atom. The molecule has 0 heterocycles. The van der Waals surface area contributed by atoms with Gasteiger partial charge in [-0.1, -0.05) is 6.07 Å². The van der Waals surface area contributed by atoms with Crippen LogP contribution in [0.15, 0.2) is 23.3 Å². The number of hydrogen-bond donors (Lipinski definition) is 1. The first kappa shape index (κ1) is 18.1. The molecule has 0 aromatic heterocycles. The molecule has 23 heavy (non-hydrogen) atoms. The summed E-state index contributed by atoms with van der Waals surface area (Å²) in [5, 5.41) is 14.9. The maximum Gasteiger partial charge on any atom is 0.354 e. The molecule has 124 valence electrons. The SMILES string of the molecule is COC(=O)CC/C(=N\Nc1ccc(C)cc1[N+](=O)[O-])C(=O)OC. The van der Waals surface area contributed by atoms with E-state index in [9.17, 15) is 19.7 Å². The van der Waals surface area contributed by atoms with Crippen LogP contribution in [-0.4, -0.2) is 36.8 Å². The molecule has 0 spiro atoms. The number of hydrogen-bond acceptors (Lipinski definition) is 8. The standard InChI is InChI=1S/C14H17N3O6/c1-9-4-5-10(12(8-9)17(20)21)15-16-11(14(19)23-3)6-7-13(18)22-2/h4-5,8,15H,6-7H2,1-3H3/b16-11+. The van der Waals surface area contributed by atoms with Crippen molar-refractivity contribution in [1.29, 1.82) is 0 Å².